The van der Waals surface area contributed by atoms with Gasteiger partial charge in [0.05, 0.1) is 6.04 Å². The van der Waals surface area contributed by atoms with Crippen molar-refractivity contribution in [2.45, 2.75) is 45.4 Å². The molecule has 30 heavy (non-hydrogen) atoms. The van der Waals surface area contributed by atoms with Crippen molar-refractivity contribution in [2.75, 3.05) is 0 Å². The van der Waals surface area contributed by atoms with E-state index in [9.17, 15) is 14.4 Å². The van der Waals surface area contributed by atoms with Crippen molar-refractivity contribution in [2.24, 2.45) is 0 Å². The fraction of sp³-hybridized carbons (Fsp3) is 0.292. The maximum absolute atomic E-state index is 12.7. The minimum Gasteiger partial charge on any atom is -0.458 e. The van der Waals surface area contributed by atoms with E-state index in [0.29, 0.717) is 0 Å². The first kappa shape index (κ1) is 22.9. The summed E-state index contributed by atoms with van der Waals surface area (Å²) in [6.45, 7) is 5.33. The van der Waals surface area contributed by atoms with Crippen LogP contribution in [0.4, 0.5) is 4.79 Å². The number of amides is 1. The number of carbonyl (C=O) groups is 3. The smallest absolute Gasteiger partial charge is 0.408 e. The van der Waals surface area contributed by atoms with Gasteiger partial charge in [-0.2, -0.15) is 0 Å². The van der Waals surface area contributed by atoms with Gasteiger partial charge in [0, 0.05) is 12.5 Å². The van der Waals surface area contributed by atoms with Gasteiger partial charge in [-0.15, -0.1) is 0 Å². The zero-order valence-corrected chi connectivity index (χ0v) is 17.5. The largest absolute Gasteiger partial charge is 0.458 e. The van der Waals surface area contributed by atoms with E-state index >= 15 is 0 Å². The SMILES string of the molecule is CC(C)(C)OC(=O)N[C@H](Cc1ccccc1)C(=O)/C=C/C(=O)OCc1ccccc1. The van der Waals surface area contributed by atoms with E-state index in [1.54, 1.807) is 20.8 Å². The third-order valence-electron chi connectivity index (χ3n) is 3.92. The molecule has 0 heterocycles. The summed E-state index contributed by atoms with van der Waals surface area (Å²) in [6.07, 6.45) is 1.76. The lowest BCUT2D eigenvalue weighted by Gasteiger charge is -2.22. The Hall–Kier alpha value is -3.41. The van der Waals surface area contributed by atoms with Gasteiger partial charge < -0.3 is 14.8 Å². The molecule has 0 bridgehead atoms. The Bertz CT molecular complexity index is 869. The molecular formula is C24H27NO5. The monoisotopic (exact) mass is 409 g/mol. The minimum atomic E-state index is -0.875. The zero-order valence-electron chi connectivity index (χ0n) is 17.5. The topological polar surface area (TPSA) is 81.7 Å². The van der Waals surface area contributed by atoms with Crippen LogP contribution in [0, 0.1) is 0 Å². The summed E-state index contributed by atoms with van der Waals surface area (Å²) < 4.78 is 10.4. The molecule has 2 rings (SSSR count). The Morgan fingerprint density at radius 1 is 0.900 bits per heavy atom. The minimum absolute atomic E-state index is 0.113. The highest BCUT2D eigenvalue weighted by atomic mass is 16.6. The molecule has 158 valence electrons. The van der Waals surface area contributed by atoms with Crippen LogP contribution in [0.25, 0.3) is 0 Å². The highest BCUT2D eigenvalue weighted by Crippen LogP contribution is 2.09. The molecule has 6 heteroatoms. The number of alkyl carbamates (subject to hydrolysis) is 1. The maximum atomic E-state index is 12.7. The average molecular weight is 409 g/mol. The van der Waals surface area contributed by atoms with E-state index < -0.39 is 29.5 Å². The quantitative estimate of drug-likeness (QED) is 0.527. The van der Waals surface area contributed by atoms with Gasteiger partial charge in [0.25, 0.3) is 0 Å². The number of ether oxygens (including phenoxy) is 2. The Morgan fingerprint density at radius 3 is 2.03 bits per heavy atom. The lowest BCUT2D eigenvalue weighted by atomic mass is 10.0. The highest BCUT2D eigenvalue weighted by Gasteiger charge is 2.23. The van der Waals surface area contributed by atoms with Gasteiger partial charge in [0.15, 0.2) is 5.78 Å². The van der Waals surface area contributed by atoms with Crippen molar-refractivity contribution in [1.82, 2.24) is 5.32 Å². The first-order chi connectivity index (χ1) is 14.2. The van der Waals surface area contributed by atoms with Crippen LogP contribution in [-0.4, -0.2) is 29.5 Å². The van der Waals surface area contributed by atoms with Gasteiger partial charge in [0.2, 0.25) is 0 Å². The number of esters is 1. The van der Waals surface area contributed by atoms with Crippen molar-refractivity contribution < 1.29 is 23.9 Å². The number of hydrogen-bond acceptors (Lipinski definition) is 5. The van der Waals surface area contributed by atoms with Crippen LogP contribution in [0.3, 0.4) is 0 Å². The standard InChI is InChI=1S/C24H27NO5/c1-24(2,3)30-23(28)25-20(16-18-10-6-4-7-11-18)21(26)14-15-22(27)29-17-19-12-8-5-9-13-19/h4-15,20H,16-17H2,1-3H3,(H,25,28)/b15-14+/t20-/m1/s1. The van der Waals surface area contributed by atoms with Crippen LogP contribution in [-0.2, 0) is 32.1 Å². The van der Waals surface area contributed by atoms with Gasteiger partial charge in [0.1, 0.15) is 12.2 Å². The lowest BCUT2D eigenvalue weighted by molar-refractivity contribution is -0.139. The molecule has 0 radical (unpaired) electrons. The third-order valence-corrected chi connectivity index (χ3v) is 3.92. The normalized spacial score (nSPS) is 12.2. The predicted octanol–water partition coefficient (Wildman–Crippen LogP) is 3.99. The van der Waals surface area contributed by atoms with E-state index in [0.717, 1.165) is 23.3 Å². The number of carbonyl (C=O) groups excluding carboxylic acids is 3. The summed E-state index contributed by atoms with van der Waals surface area (Å²) in [5, 5.41) is 2.59. The van der Waals surface area contributed by atoms with Crippen LogP contribution in [0.15, 0.2) is 72.8 Å². The summed E-state index contributed by atoms with van der Waals surface area (Å²) in [6, 6.07) is 17.6. The molecule has 6 nitrogen and oxygen atoms in total. The average Bonchev–Trinajstić information content (AvgIpc) is 2.70. The van der Waals surface area contributed by atoms with Crippen molar-refractivity contribution >= 4 is 17.8 Å². The summed E-state index contributed by atoms with van der Waals surface area (Å²) in [5.74, 6) is -1.07. The molecule has 0 aliphatic carbocycles. The molecule has 0 aliphatic rings. The van der Waals surface area contributed by atoms with Gasteiger partial charge in [-0.25, -0.2) is 9.59 Å². The van der Waals surface area contributed by atoms with Gasteiger partial charge in [-0.3, -0.25) is 4.79 Å². The van der Waals surface area contributed by atoms with Crippen molar-refractivity contribution in [3.8, 4) is 0 Å². The third kappa shape index (κ3) is 8.73. The van der Waals surface area contributed by atoms with Crippen LogP contribution in [0.5, 0.6) is 0 Å². The number of rotatable bonds is 8. The molecule has 0 saturated heterocycles. The number of ketones is 1. The molecule has 0 aromatic heterocycles. The number of hydrogen-bond donors (Lipinski definition) is 1. The van der Waals surface area contributed by atoms with E-state index in [2.05, 4.69) is 5.32 Å². The Kier molecular flexibility index (Phi) is 8.35. The maximum Gasteiger partial charge on any atom is 0.408 e. The lowest BCUT2D eigenvalue weighted by Crippen LogP contribution is -2.44. The Labute approximate surface area is 176 Å². The fourth-order valence-electron chi connectivity index (χ4n) is 2.57. The Balaban J connectivity index is 2.00. The second-order valence-electron chi connectivity index (χ2n) is 7.72. The molecule has 0 unspecified atom stereocenters. The van der Waals surface area contributed by atoms with E-state index in [-0.39, 0.29) is 13.0 Å². The first-order valence-corrected chi connectivity index (χ1v) is 9.69. The van der Waals surface area contributed by atoms with Crippen molar-refractivity contribution in [3.05, 3.63) is 83.9 Å². The van der Waals surface area contributed by atoms with E-state index in [4.69, 9.17) is 9.47 Å². The second-order valence-corrected chi connectivity index (χ2v) is 7.72. The molecule has 0 spiro atoms. The summed E-state index contributed by atoms with van der Waals surface area (Å²) in [7, 11) is 0. The number of benzene rings is 2. The second kappa shape index (κ2) is 11.0. The summed E-state index contributed by atoms with van der Waals surface area (Å²) in [5.41, 5.74) is 1.02. The van der Waals surface area contributed by atoms with Gasteiger partial charge in [-0.1, -0.05) is 60.7 Å². The van der Waals surface area contributed by atoms with Crippen LogP contribution in [0.1, 0.15) is 31.9 Å². The van der Waals surface area contributed by atoms with E-state index in [1.165, 1.54) is 0 Å². The molecule has 0 aliphatic heterocycles. The number of nitrogens with one attached hydrogen (secondary N) is 1. The van der Waals surface area contributed by atoms with Crippen LogP contribution >= 0.6 is 0 Å². The highest BCUT2D eigenvalue weighted by molar-refractivity contribution is 6.00. The van der Waals surface area contributed by atoms with E-state index in [1.807, 2.05) is 60.7 Å². The first-order valence-electron chi connectivity index (χ1n) is 9.69. The molecule has 1 N–H and O–H groups in total. The molecule has 1 amide bonds. The molecule has 1 atom stereocenters. The predicted molar refractivity (Wildman–Crippen MR) is 114 cm³/mol. The molecular weight excluding hydrogens is 382 g/mol. The molecule has 0 saturated carbocycles. The van der Waals surface area contributed by atoms with Crippen LogP contribution < -0.4 is 5.32 Å². The van der Waals surface area contributed by atoms with Gasteiger partial charge in [-0.05, 0) is 38.0 Å². The van der Waals surface area contributed by atoms with Crippen LogP contribution in [0.2, 0.25) is 0 Å². The Morgan fingerprint density at radius 2 is 1.47 bits per heavy atom. The summed E-state index contributed by atoms with van der Waals surface area (Å²) >= 11 is 0. The zero-order chi connectivity index (χ0) is 22.0. The van der Waals surface area contributed by atoms with Crippen molar-refractivity contribution in [1.29, 1.82) is 0 Å². The van der Waals surface area contributed by atoms with Crippen molar-refractivity contribution in [3.63, 3.8) is 0 Å². The molecule has 2 aromatic carbocycles. The molecule has 0 fully saturated rings. The summed E-state index contributed by atoms with van der Waals surface area (Å²) in [4.78, 5) is 36.8. The fourth-order valence-corrected chi connectivity index (χ4v) is 2.57. The van der Waals surface area contributed by atoms with Gasteiger partial charge >= 0.3 is 12.1 Å². The molecule has 2 aromatic rings.